The normalized spacial score (nSPS) is 10.7. The highest BCUT2D eigenvalue weighted by Crippen LogP contribution is 2.20. The molecule has 2 N–H and O–H groups in total. The van der Waals surface area contributed by atoms with Crippen molar-refractivity contribution in [3.63, 3.8) is 0 Å². The third-order valence-corrected chi connectivity index (χ3v) is 3.02. The lowest BCUT2D eigenvalue weighted by molar-refractivity contribution is -0.123. The summed E-state index contributed by atoms with van der Waals surface area (Å²) in [6.07, 6.45) is 1.10. The minimum atomic E-state index is -0.0725. The minimum Gasteiger partial charge on any atom is -0.483 e. The van der Waals surface area contributed by atoms with Crippen molar-refractivity contribution in [2.24, 2.45) is 5.92 Å². The number of amides is 1. The highest BCUT2D eigenvalue weighted by Gasteiger charge is 2.07. The van der Waals surface area contributed by atoms with Crippen molar-refractivity contribution in [1.29, 1.82) is 0 Å². The van der Waals surface area contributed by atoms with Crippen molar-refractivity contribution in [1.82, 2.24) is 10.6 Å². The molecule has 1 amide bonds. The zero-order valence-electron chi connectivity index (χ0n) is 13.7. The second-order valence-electron chi connectivity index (χ2n) is 5.77. The molecule has 0 bridgehead atoms. The molecule has 118 valence electrons. The monoisotopic (exact) mass is 292 g/mol. The van der Waals surface area contributed by atoms with E-state index in [1.54, 1.807) is 0 Å². The average molecular weight is 292 g/mol. The Morgan fingerprint density at radius 2 is 2.10 bits per heavy atom. The number of benzene rings is 1. The zero-order chi connectivity index (χ0) is 15.7. The van der Waals surface area contributed by atoms with Crippen LogP contribution in [0.1, 0.15) is 38.3 Å². The summed E-state index contributed by atoms with van der Waals surface area (Å²) < 4.78 is 5.66. The van der Waals surface area contributed by atoms with Crippen molar-refractivity contribution in [3.05, 3.63) is 29.3 Å². The molecule has 0 aromatic heterocycles. The lowest BCUT2D eigenvalue weighted by atomic mass is 10.1. The molecular formula is C17H28N2O2. The molecule has 0 fully saturated rings. The maximum atomic E-state index is 11.7. The Kier molecular flexibility index (Phi) is 7.83. The van der Waals surface area contributed by atoms with E-state index in [4.69, 9.17) is 4.74 Å². The summed E-state index contributed by atoms with van der Waals surface area (Å²) >= 11 is 0. The van der Waals surface area contributed by atoms with Crippen LogP contribution in [0.15, 0.2) is 18.2 Å². The molecule has 4 nitrogen and oxygen atoms in total. The fourth-order valence-electron chi connectivity index (χ4n) is 1.90. The third-order valence-electron chi connectivity index (χ3n) is 3.02. The molecule has 21 heavy (non-hydrogen) atoms. The van der Waals surface area contributed by atoms with E-state index >= 15 is 0 Å². The molecule has 0 saturated heterocycles. The van der Waals surface area contributed by atoms with Crippen molar-refractivity contribution in [3.8, 4) is 5.75 Å². The Labute approximate surface area is 128 Å². The topological polar surface area (TPSA) is 50.4 Å². The highest BCUT2D eigenvalue weighted by molar-refractivity contribution is 5.77. The Balaban J connectivity index is 2.54. The standard InChI is InChI=1S/C17H28N2O2/c1-5-8-18-11-15-9-14(4)6-7-16(15)21-12-17(20)19-10-13(2)3/h6-7,9,13,18H,5,8,10-12H2,1-4H3,(H,19,20). The van der Waals surface area contributed by atoms with Crippen molar-refractivity contribution in [2.75, 3.05) is 19.7 Å². The van der Waals surface area contributed by atoms with Crippen molar-refractivity contribution < 1.29 is 9.53 Å². The van der Waals surface area contributed by atoms with E-state index in [1.807, 2.05) is 12.1 Å². The molecule has 0 spiro atoms. The first-order chi connectivity index (χ1) is 10.0. The molecule has 4 heteroatoms. The molecule has 0 aliphatic heterocycles. The molecule has 0 radical (unpaired) electrons. The number of carbonyl (C=O) groups excluding carboxylic acids is 1. The smallest absolute Gasteiger partial charge is 0.257 e. The second kappa shape index (κ2) is 9.40. The van der Waals surface area contributed by atoms with Gasteiger partial charge in [-0.05, 0) is 31.9 Å². The van der Waals surface area contributed by atoms with E-state index < -0.39 is 0 Å². The second-order valence-corrected chi connectivity index (χ2v) is 5.77. The van der Waals surface area contributed by atoms with E-state index in [0.29, 0.717) is 12.5 Å². The van der Waals surface area contributed by atoms with E-state index in [2.05, 4.69) is 44.4 Å². The van der Waals surface area contributed by atoms with Crippen molar-refractivity contribution in [2.45, 2.75) is 40.7 Å². The lowest BCUT2D eigenvalue weighted by Gasteiger charge is -2.13. The molecule has 0 aliphatic carbocycles. The Bertz CT molecular complexity index is 444. The van der Waals surface area contributed by atoms with Crippen LogP contribution in [0, 0.1) is 12.8 Å². The SMILES string of the molecule is CCCNCc1cc(C)ccc1OCC(=O)NCC(C)C. The first-order valence-corrected chi connectivity index (χ1v) is 7.72. The van der Waals surface area contributed by atoms with Gasteiger partial charge in [0, 0.05) is 18.7 Å². The van der Waals surface area contributed by atoms with Gasteiger partial charge in [0.15, 0.2) is 6.61 Å². The fraction of sp³-hybridized carbons (Fsp3) is 0.588. The number of nitrogens with one attached hydrogen (secondary N) is 2. The summed E-state index contributed by atoms with van der Waals surface area (Å²) in [5.41, 5.74) is 2.29. The number of rotatable bonds is 9. The molecule has 0 aliphatic rings. The van der Waals surface area contributed by atoms with Crippen LogP contribution in [0.5, 0.6) is 5.75 Å². The molecule has 1 aromatic carbocycles. The average Bonchev–Trinajstić information content (AvgIpc) is 2.44. The van der Waals surface area contributed by atoms with Gasteiger partial charge < -0.3 is 15.4 Å². The van der Waals surface area contributed by atoms with Gasteiger partial charge in [-0.25, -0.2) is 0 Å². The maximum Gasteiger partial charge on any atom is 0.257 e. The van der Waals surface area contributed by atoms with E-state index in [-0.39, 0.29) is 12.5 Å². The zero-order valence-corrected chi connectivity index (χ0v) is 13.7. The molecular weight excluding hydrogens is 264 g/mol. The summed E-state index contributed by atoms with van der Waals surface area (Å²) in [4.78, 5) is 11.7. The Hall–Kier alpha value is -1.55. The predicted octanol–water partition coefficient (Wildman–Crippen LogP) is 2.65. The number of ether oxygens (including phenoxy) is 1. The maximum absolute atomic E-state index is 11.7. The molecule has 0 unspecified atom stereocenters. The number of carbonyl (C=O) groups is 1. The minimum absolute atomic E-state index is 0.0660. The number of hydrogen-bond donors (Lipinski definition) is 2. The van der Waals surface area contributed by atoms with Crippen LogP contribution >= 0.6 is 0 Å². The molecule has 1 rings (SSSR count). The van der Waals surface area contributed by atoms with Gasteiger partial charge >= 0.3 is 0 Å². The van der Waals surface area contributed by atoms with Gasteiger partial charge in [0.2, 0.25) is 0 Å². The first-order valence-electron chi connectivity index (χ1n) is 7.72. The molecule has 0 atom stereocenters. The van der Waals surface area contributed by atoms with Gasteiger partial charge in [-0.2, -0.15) is 0 Å². The Morgan fingerprint density at radius 1 is 1.33 bits per heavy atom. The van der Waals surface area contributed by atoms with E-state index in [0.717, 1.165) is 30.8 Å². The van der Waals surface area contributed by atoms with Crippen LogP contribution in [0.4, 0.5) is 0 Å². The van der Waals surface area contributed by atoms with E-state index in [1.165, 1.54) is 5.56 Å². The van der Waals surface area contributed by atoms with Gasteiger partial charge in [0.25, 0.3) is 5.91 Å². The van der Waals surface area contributed by atoms with Crippen LogP contribution in [-0.2, 0) is 11.3 Å². The first kappa shape index (κ1) is 17.5. The van der Waals surface area contributed by atoms with Gasteiger partial charge in [0.05, 0.1) is 0 Å². The van der Waals surface area contributed by atoms with Gasteiger partial charge in [-0.1, -0.05) is 38.5 Å². The summed E-state index contributed by atoms with van der Waals surface area (Å²) in [7, 11) is 0. The number of aryl methyl sites for hydroxylation is 1. The predicted molar refractivity (Wildman–Crippen MR) is 86.5 cm³/mol. The van der Waals surface area contributed by atoms with E-state index in [9.17, 15) is 4.79 Å². The largest absolute Gasteiger partial charge is 0.483 e. The van der Waals surface area contributed by atoms with Crippen molar-refractivity contribution >= 4 is 5.91 Å². The van der Waals surface area contributed by atoms with Gasteiger partial charge in [0.1, 0.15) is 5.75 Å². The molecule has 0 heterocycles. The van der Waals surface area contributed by atoms with Gasteiger partial charge in [-0.15, -0.1) is 0 Å². The van der Waals surface area contributed by atoms with Crippen LogP contribution in [0.25, 0.3) is 0 Å². The number of hydrogen-bond acceptors (Lipinski definition) is 3. The molecule has 0 saturated carbocycles. The lowest BCUT2D eigenvalue weighted by Crippen LogP contribution is -2.31. The summed E-state index contributed by atoms with van der Waals surface area (Å²) in [5.74, 6) is 1.16. The fourth-order valence-corrected chi connectivity index (χ4v) is 1.90. The van der Waals surface area contributed by atoms with Crippen LogP contribution in [0.3, 0.4) is 0 Å². The Morgan fingerprint density at radius 3 is 2.76 bits per heavy atom. The third kappa shape index (κ3) is 7.14. The van der Waals surface area contributed by atoms with Crippen LogP contribution < -0.4 is 15.4 Å². The van der Waals surface area contributed by atoms with Crippen LogP contribution in [0.2, 0.25) is 0 Å². The van der Waals surface area contributed by atoms with Gasteiger partial charge in [-0.3, -0.25) is 4.79 Å². The van der Waals surface area contributed by atoms with Crippen LogP contribution in [-0.4, -0.2) is 25.6 Å². The quantitative estimate of drug-likeness (QED) is 0.688. The summed E-state index contributed by atoms with van der Waals surface area (Å²) in [6.45, 7) is 10.8. The summed E-state index contributed by atoms with van der Waals surface area (Å²) in [5, 5.41) is 6.22. The highest BCUT2D eigenvalue weighted by atomic mass is 16.5. The summed E-state index contributed by atoms with van der Waals surface area (Å²) in [6, 6.07) is 6.04. The molecule has 1 aromatic rings.